The van der Waals surface area contributed by atoms with Crippen LogP contribution in [0.15, 0.2) is 36.4 Å². The highest BCUT2D eigenvalue weighted by Crippen LogP contribution is 2.36. The van der Waals surface area contributed by atoms with Gasteiger partial charge in [0.05, 0.1) is 24.3 Å². The smallest absolute Gasteiger partial charge is 0.338 e. The van der Waals surface area contributed by atoms with E-state index in [-0.39, 0.29) is 23.1 Å². The minimum absolute atomic E-state index is 0.179. The number of amides is 1. The van der Waals surface area contributed by atoms with E-state index in [2.05, 4.69) is 5.32 Å². The average molecular weight is 406 g/mol. The van der Waals surface area contributed by atoms with Crippen molar-refractivity contribution in [3.63, 3.8) is 0 Å². The molecule has 7 heteroatoms. The summed E-state index contributed by atoms with van der Waals surface area (Å²) in [6, 6.07) is 10.9. The predicted molar refractivity (Wildman–Crippen MR) is 107 cm³/mol. The Hall–Kier alpha value is -2.73. The summed E-state index contributed by atoms with van der Waals surface area (Å²) in [6.07, 6.45) is 0.706. The Morgan fingerprint density at radius 1 is 1.18 bits per heavy atom. The number of carbonyl (C=O) groups excluding carboxylic acids is 2. The molecule has 0 aliphatic carbocycles. The van der Waals surface area contributed by atoms with E-state index >= 15 is 0 Å². The third-order valence-corrected chi connectivity index (χ3v) is 4.35. The van der Waals surface area contributed by atoms with Gasteiger partial charge in [-0.25, -0.2) is 4.79 Å². The summed E-state index contributed by atoms with van der Waals surface area (Å²) in [6.45, 7) is 4.33. The molecule has 6 nitrogen and oxygen atoms in total. The second kappa shape index (κ2) is 10.6. The normalized spacial score (nSPS) is 10.3. The van der Waals surface area contributed by atoms with E-state index < -0.39 is 5.97 Å². The van der Waals surface area contributed by atoms with E-state index in [0.717, 1.165) is 5.56 Å². The summed E-state index contributed by atoms with van der Waals surface area (Å²) in [5.74, 6) is -0.357. The fourth-order valence-electron chi connectivity index (χ4n) is 2.61. The molecule has 0 aromatic heterocycles. The zero-order chi connectivity index (χ0) is 20.5. The average Bonchev–Trinajstić information content (AvgIpc) is 2.69. The second-order valence-corrected chi connectivity index (χ2v) is 6.43. The number of hydrogen-bond acceptors (Lipinski definition) is 5. The van der Waals surface area contributed by atoms with Crippen LogP contribution in [0.3, 0.4) is 0 Å². The zero-order valence-corrected chi connectivity index (χ0v) is 17.0. The topological polar surface area (TPSA) is 73.9 Å². The van der Waals surface area contributed by atoms with Crippen molar-refractivity contribution in [1.29, 1.82) is 0 Å². The molecule has 2 rings (SSSR count). The van der Waals surface area contributed by atoms with Gasteiger partial charge in [0, 0.05) is 6.54 Å². The number of hydrogen-bond donors (Lipinski definition) is 1. The monoisotopic (exact) mass is 405 g/mol. The van der Waals surface area contributed by atoms with Gasteiger partial charge in [-0.15, -0.1) is 0 Å². The van der Waals surface area contributed by atoms with Crippen LogP contribution in [0, 0.1) is 6.92 Å². The number of ether oxygens (including phenoxy) is 3. The van der Waals surface area contributed by atoms with E-state index in [1.807, 2.05) is 38.1 Å². The highest BCUT2D eigenvalue weighted by molar-refractivity contribution is 6.32. The molecule has 0 saturated heterocycles. The molecule has 28 heavy (non-hydrogen) atoms. The predicted octanol–water partition coefficient (Wildman–Crippen LogP) is 3.57. The van der Waals surface area contributed by atoms with Gasteiger partial charge >= 0.3 is 5.97 Å². The fourth-order valence-corrected chi connectivity index (χ4v) is 2.88. The van der Waals surface area contributed by atoms with Crippen molar-refractivity contribution in [3.05, 3.63) is 58.1 Å². The van der Waals surface area contributed by atoms with Gasteiger partial charge in [0.2, 0.25) is 0 Å². The highest BCUT2D eigenvalue weighted by Gasteiger charge is 2.17. The van der Waals surface area contributed by atoms with Crippen LogP contribution in [-0.2, 0) is 16.0 Å². The minimum atomic E-state index is -0.669. The van der Waals surface area contributed by atoms with Crippen molar-refractivity contribution in [2.75, 3.05) is 26.9 Å². The molecule has 0 spiro atoms. The van der Waals surface area contributed by atoms with Gasteiger partial charge in [0.15, 0.2) is 18.1 Å². The van der Waals surface area contributed by atoms with Crippen LogP contribution in [0.2, 0.25) is 5.02 Å². The molecule has 0 saturated carbocycles. The summed E-state index contributed by atoms with van der Waals surface area (Å²) in [4.78, 5) is 24.1. The third kappa shape index (κ3) is 5.89. The molecule has 0 atom stereocenters. The molecule has 0 fully saturated rings. The fraction of sp³-hybridized carbons (Fsp3) is 0.333. The lowest BCUT2D eigenvalue weighted by Crippen LogP contribution is -2.30. The molecule has 2 aromatic carbocycles. The van der Waals surface area contributed by atoms with Crippen LogP contribution in [0.5, 0.6) is 11.5 Å². The Kier molecular flexibility index (Phi) is 8.14. The molecule has 0 unspecified atom stereocenters. The van der Waals surface area contributed by atoms with Crippen molar-refractivity contribution in [1.82, 2.24) is 5.32 Å². The van der Waals surface area contributed by atoms with Crippen LogP contribution in [0.25, 0.3) is 0 Å². The number of esters is 1. The van der Waals surface area contributed by atoms with Crippen LogP contribution in [0.1, 0.15) is 28.4 Å². The van der Waals surface area contributed by atoms with Crippen molar-refractivity contribution in [2.24, 2.45) is 0 Å². The van der Waals surface area contributed by atoms with Crippen molar-refractivity contribution in [2.45, 2.75) is 20.3 Å². The van der Waals surface area contributed by atoms with Gasteiger partial charge in [-0.3, -0.25) is 4.79 Å². The lowest BCUT2D eigenvalue weighted by atomic mass is 10.1. The molecule has 2 aromatic rings. The first-order chi connectivity index (χ1) is 13.5. The van der Waals surface area contributed by atoms with E-state index in [9.17, 15) is 9.59 Å². The van der Waals surface area contributed by atoms with E-state index in [1.165, 1.54) is 24.8 Å². The zero-order valence-electron chi connectivity index (χ0n) is 16.2. The number of benzene rings is 2. The first kappa shape index (κ1) is 21.6. The molecule has 150 valence electrons. The molecular formula is C21H24ClNO5. The third-order valence-electron chi connectivity index (χ3n) is 4.07. The van der Waals surface area contributed by atoms with Gasteiger partial charge in [-0.05, 0) is 43.5 Å². The van der Waals surface area contributed by atoms with Crippen LogP contribution < -0.4 is 14.8 Å². The van der Waals surface area contributed by atoms with Gasteiger partial charge < -0.3 is 19.5 Å². The summed E-state index contributed by atoms with van der Waals surface area (Å²) in [5.41, 5.74) is 2.51. The molecule has 0 radical (unpaired) electrons. The molecule has 0 aliphatic rings. The Morgan fingerprint density at radius 3 is 2.61 bits per heavy atom. The Balaban J connectivity index is 1.86. The SMILES string of the molecule is CCOc1c(Cl)cc(C(=O)OCC(=O)NCCc2ccccc2C)cc1OC. The Labute approximate surface area is 169 Å². The van der Waals surface area contributed by atoms with Crippen LogP contribution in [-0.4, -0.2) is 38.7 Å². The number of aryl methyl sites for hydroxylation is 1. The highest BCUT2D eigenvalue weighted by atomic mass is 35.5. The Bertz CT molecular complexity index is 838. The molecule has 0 aliphatic heterocycles. The van der Waals surface area contributed by atoms with Crippen LogP contribution in [0.4, 0.5) is 0 Å². The Morgan fingerprint density at radius 2 is 1.93 bits per heavy atom. The van der Waals surface area contributed by atoms with Crippen LogP contribution >= 0.6 is 11.6 Å². The standard InChI is InChI=1S/C21H24ClNO5/c1-4-27-20-17(22)11-16(12-18(20)26-3)21(25)28-13-19(24)23-10-9-15-8-6-5-7-14(15)2/h5-8,11-12H,4,9-10,13H2,1-3H3,(H,23,24). The van der Waals surface area contributed by atoms with Gasteiger partial charge in [0.25, 0.3) is 5.91 Å². The molecular weight excluding hydrogens is 382 g/mol. The van der Waals surface area contributed by atoms with E-state index in [0.29, 0.717) is 31.1 Å². The summed E-state index contributed by atoms with van der Waals surface area (Å²) in [5, 5.41) is 2.97. The maximum absolute atomic E-state index is 12.2. The number of rotatable bonds is 9. The summed E-state index contributed by atoms with van der Waals surface area (Å²) >= 11 is 6.15. The van der Waals surface area contributed by atoms with Crippen molar-refractivity contribution < 1.29 is 23.8 Å². The summed E-state index contributed by atoms with van der Waals surface area (Å²) < 4.78 is 15.7. The maximum atomic E-state index is 12.2. The lowest BCUT2D eigenvalue weighted by Gasteiger charge is -2.13. The number of carbonyl (C=O) groups is 2. The number of nitrogens with one attached hydrogen (secondary N) is 1. The van der Waals surface area contributed by atoms with Gasteiger partial charge in [-0.2, -0.15) is 0 Å². The minimum Gasteiger partial charge on any atom is -0.493 e. The molecule has 1 amide bonds. The largest absolute Gasteiger partial charge is 0.493 e. The van der Waals surface area contributed by atoms with Crippen molar-refractivity contribution >= 4 is 23.5 Å². The van der Waals surface area contributed by atoms with Gasteiger partial charge in [-0.1, -0.05) is 35.9 Å². The first-order valence-electron chi connectivity index (χ1n) is 8.95. The van der Waals surface area contributed by atoms with Crippen molar-refractivity contribution in [3.8, 4) is 11.5 Å². The van der Waals surface area contributed by atoms with Gasteiger partial charge in [0.1, 0.15) is 0 Å². The number of halogens is 1. The number of methoxy groups -OCH3 is 1. The van der Waals surface area contributed by atoms with E-state index in [1.54, 1.807) is 0 Å². The summed E-state index contributed by atoms with van der Waals surface area (Å²) in [7, 11) is 1.45. The first-order valence-corrected chi connectivity index (χ1v) is 9.32. The molecule has 0 bridgehead atoms. The maximum Gasteiger partial charge on any atom is 0.338 e. The quantitative estimate of drug-likeness (QED) is 0.645. The lowest BCUT2D eigenvalue weighted by molar-refractivity contribution is -0.124. The molecule has 1 N–H and O–H groups in total. The molecule has 0 heterocycles. The van der Waals surface area contributed by atoms with E-state index in [4.69, 9.17) is 25.8 Å². The second-order valence-electron chi connectivity index (χ2n) is 6.03.